The number of nitrogens with one attached hydrogen (secondary N) is 1. The number of anilines is 1. The lowest BCUT2D eigenvalue weighted by Gasteiger charge is -2.05. The molecule has 0 bridgehead atoms. The van der Waals surface area contributed by atoms with Gasteiger partial charge in [-0.3, -0.25) is 4.79 Å². The van der Waals surface area contributed by atoms with Gasteiger partial charge in [-0.25, -0.2) is 4.39 Å². The molecule has 0 unspecified atom stereocenters. The molecule has 0 spiro atoms. The van der Waals surface area contributed by atoms with Crippen LogP contribution < -0.4 is 10.1 Å². The van der Waals surface area contributed by atoms with Crippen molar-refractivity contribution in [2.24, 2.45) is 0 Å². The Labute approximate surface area is 113 Å². The predicted octanol–water partition coefficient (Wildman–Crippen LogP) is 2.18. The van der Waals surface area contributed by atoms with Crippen LogP contribution in [0.25, 0.3) is 0 Å². The van der Waals surface area contributed by atoms with E-state index in [2.05, 4.69) is 15.5 Å². The summed E-state index contributed by atoms with van der Waals surface area (Å²) in [6, 6.07) is 4.42. The highest BCUT2D eigenvalue weighted by atomic mass is 32.1. The summed E-state index contributed by atoms with van der Waals surface area (Å²) < 4.78 is 18.3. The van der Waals surface area contributed by atoms with Crippen LogP contribution in [0.1, 0.15) is 10.6 Å². The van der Waals surface area contributed by atoms with Crippen LogP contribution in [0.2, 0.25) is 0 Å². The molecule has 0 aliphatic carbocycles. The number of aromatic nitrogens is 2. The van der Waals surface area contributed by atoms with E-state index in [1.165, 1.54) is 30.6 Å². The van der Waals surface area contributed by atoms with Gasteiger partial charge in [0.25, 0.3) is 0 Å². The summed E-state index contributed by atoms with van der Waals surface area (Å²) in [7, 11) is 1.39. The fourth-order valence-corrected chi connectivity index (χ4v) is 2.12. The first-order valence-electron chi connectivity index (χ1n) is 5.51. The van der Waals surface area contributed by atoms with Gasteiger partial charge >= 0.3 is 0 Å². The molecule has 1 aromatic carbocycles. The molecule has 0 saturated carbocycles. The molecular formula is C12H12FN3O2S. The van der Waals surface area contributed by atoms with E-state index in [1.807, 2.05) is 0 Å². The summed E-state index contributed by atoms with van der Waals surface area (Å²) in [6.07, 6.45) is 0.0690. The number of aryl methyl sites for hydroxylation is 1. The molecule has 1 heterocycles. The minimum atomic E-state index is -0.487. The molecule has 7 heteroatoms. The van der Waals surface area contributed by atoms with Gasteiger partial charge in [-0.2, -0.15) is 0 Å². The topological polar surface area (TPSA) is 64.1 Å². The molecule has 5 nitrogen and oxygen atoms in total. The number of ether oxygens (including phenoxy) is 1. The van der Waals surface area contributed by atoms with Crippen molar-refractivity contribution in [2.45, 2.75) is 13.3 Å². The number of amides is 1. The molecule has 1 aromatic heterocycles. The standard InChI is InChI=1S/C12H12FN3O2S/c1-7-15-16-12(19-7)14-11(17)6-8-3-4-10(18-2)9(13)5-8/h3-5H,6H2,1-2H3,(H,14,16,17). The molecule has 1 N–H and O–H groups in total. The zero-order chi connectivity index (χ0) is 13.8. The zero-order valence-corrected chi connectivity index (χ0v) is 11.3. The average molecular weight is 281 g/mol. The molecule has 0 fully saturated rings. The Bertz CT molecular complexity index is 600. The lowest BCUT2D eigenvalue weighted by atomic mass is 10.1. The van der Waals surface area contributed by atoms with E-state index in [-0.39, 0.29) is 18.1 Å². The van der Waals surface area contributed by atoms with Gasteiger partial charge in [0.15, 0.2) is 11.6 Å². The van der Waals surface area contributed by atoms with Crippen molar-refractivity contribution in [1.82, 2.24) is 10.2 Å². The summed E-state index contributed by atoms with van der Waals surface area (Å²) in [5.74, 6) is -0.593. The number of hydrogen-bond donors (Lipinski definition) is 1. The first-order chi connectivity index (χ1) is 9.08. The minimum Gasteiger partial charge on any atom is -0.494 e. The lowest BCUT2D eigenvalue weighted by molar-refractivity contribution is -0.115. The Kier molecular flexibility index (Phi) is 4.06. The molecule has 19 heavy (non-hydrogen) atoms. The van der Waals surface area contributed by atoms with Crippen LogP contribution in [0.3, 0.4) is 0 Å². The third-order valence-electron chi connectivity index (χ3n) is 2.35. The van der Waals surface area contributed by atoms with Gasteiger partial charge in [0.05, 0.1) is 13.5 Å². The maximum atomic E-state index is 13.5. The molecule has 0 aliphatic heterocycles. The third kappa shape index (κ3) is 3.47. The monoisotopic (exact) mass is 281 g/mol. The number of methoxy groups -OCH3 is 1. The van der Waals surface area contributed by atoms with E-state index >= 15 is 0 Å². The van der Waals surface area contributed by atoms with Crippen LogP contribution in [0.5, 0.6) is 5.75 Å². The van der Waals surface area contributed by atoms with Gasteiger partial charge in [0, 0.05) is 0 Å². The number of halogens is 1. The van der Waals surface area contributed by atoms with Gasteiger partial charge in [0.1, 0.15) is 5.01 Å². The Hall–Kier alpha value is -2.02. The first kappa shape index (κ1) is 13.4. The fourth-order valence-electron chi connectivity index (χ4n) is 1.52. The van der Waals surface area contributed by atoms with Crippen molar-refractivity contribution in [3.8, 4) is 5.75 Å². The molecule has 1 amide bonds. The highest BCUT2D eigenvalue weighted by molar-refractivity contribution is 7.15. The van der Waals surface area contributed by atoms with Crippen LogP contribution in [-0.2, 0) is 11.2 Å². The highest BCUT2D eigenvalue weighted by Crippen LogP contribution is 2.19. The second-order valence-electron chi connectivity index (χ2n) is 3.82. The molecule has 2 aromatic rings. The molecule has 100 valence electrons. The summed E-state index contributed by atoms with van der Waals surface area (Å²) in [5, 5.41) is 11.4. The van der Waals surface area contributed by atoms with Gasteiger partial charge in [0.2, 0.25) is 11.0 Å². The van der Waals surface area contributed by atoms with Crippen LogP contribution in [-0.4, -0.2) is 23.2 Å². The second kappa shape index (κ2) is 5.75. The summed E-state index contributed by atoms with van der Waals surface area (Å²) in [5.41, 5.74) is 0.567. The fraction of sp³-hybridized carbons (Fsp3) is 0.250. The molecular weight excluding hydrogens is 269 g/mol. The van der Waals surface area contributed by atoms with Crippen LogP contribution in [0.15, 0.2) is 18.2 Å². The average Bonchev–Trinajstić information content (AvgIpc) is 2.74. The number of carbonyl (C=O) groups is 1. The number of hydrogen-bond acceptors (Lipinski definition) is 5. The number of carbonyl (C=O) groups excluding carboxylic acids is 1. The van der Waals surface area contributed by atoms with Crippen LogP contribution >= 0.6 is 11.3 Å². The van der Waals surface area contributed by atoms with Crippen molar-refractivity contribution in [3.63, 3.8) is 0 Å². The first-order valence-corrected chi connectivity index (χ1v) is 6.32. The Morgan fingerprint density at radius 1 is 1.47 bits per heavy atom. The van der Waals surface area contributed by atoms with Crippen molar-refractivity contribution >= 4 is 22.4 Å². The van der Waals surface area contributed by atoms with Crippen molar-refractivity contribution in [1.29, 1.82) is 0 Å². The Morgan fingerprint density at radius 3 is 2.84 bits per heavy atom. The van der Waals surface area contributed by atoms with Gasteiger partial charge < -0.3 is 10.1 Å². The van der Waals surface area contributed by atoms with E-state index in [9.17, 15) is 9.18 Å². The quantitative estimate of drug-likeness (QED) is 0.933. The number of nitrogens with zero attached hydrogens (tertiary/aromatic N) is 2. The summed E-state index contributed by atoms with van der Waals surface area (Å²) in [4.78, 5) is 11.7. The SMILES string of the molecule is COc1ccc(CC(=O)Nc2nnc(C)s2)cc1F. The van der Waals surface area contributed by atoms with E-state index in [0.717, 1.165) is 5.01 Å². The Balaban J connectivity index is 2.00. The summed E-state index contributed by atoms with van der Waals surface area (Å²) >= 11 is 1.29. The largest absolute Gasteiger partial charge is 0.494 e. The predicted molar refractivity (Wildman–Crippen MR) is 69.9 cm³/mol. The normalized spacial score (nSPS) is 10.3. The van der Waals surface area contributed by atoms with Crippen LogP contribution in [0.4, 0.5) is 9.52 Å². The van der Waals surface area contributed by atoms with Gasteiger partial charge in [-0.1, -0.05) is 17.4 Å². The van der Waals surface area contributed by atoms with Crippen molar-refractivity contribution in [3.05, 3.63) is 34.6 Å². The van der Waals surface area contributed by atoms with Crippen molar-refractivity contribution < 1.29 is 13.9 Å². The maximum absolute atomic E-state index is 13.5. The third-order valence-corrected chi connectivity index (χ3v) is 3.11. The maximum Gasteiger partial charge on any atom is 0.230 e. The van der Waals surface area contributed by atoms with E-state index in [0.29, 0.717) is 10.7 Å². The molecule has 0 saturated heterocycles. The van der Waals surface area contributed by atoms with Gasteiger partial charge in [-0.05, 0) is 24.6 Å². The Morgan fingerprint density at radius 2 is 2.26 bits per heavy atom. The molecule has 2 rings (SSSR count). The second-order valence-corrected chi connectivity index (χ2v) is 5.00. The van der Waals surface area contributed by atoms with Gasteiger partial charge in [-0.15, -0.1) is 10.2 Å². The minimum absolute atomic E-state index is 0.0690. The van der Waals surface area contributed by atoms with E-state index in [4.69, 9.17) is 4.74 Å². The van der Waals surface area contributed by atoms with Crippen LogP contribution in [0, 0.1) is 12.7 Å². The molecule has 0 aliphatic rings. The smallest absolute Gasteiger partial charge is 0.230 e. The molecule has 0 atom stereocenters. The number of rotatable bonds is 4. The molecule has 0 radical (unpaired) electrons. The van der Waals surface area contributed by atoms with E-state index in [1.54, 1.807) is 13.0 Å². The highest BCUT2D eigenvalue weighted by Gasteiger charge is 2.09. The number of benzene rings is 1. The van der Waals surface area contributed by atoms with Crippen molar-refractivity contribution in [2.75, 3.05) is 12.4 Å². The zero-order valence-electron chi connectivity index (χ0n) is 10.4. The lowest BCUT2D eigenvalue weighted by Crippen LogP contribution is -2.14. The van der Waals surface area contributed by atoms with E-state index < -0.39 is 5.82 Å². The summed E-state index contributed by atoms with van der Waals surface area (Å²) in [6.45, 7) is 1.80.